The third-order valence-corrected chi connectivity index (χ3v) is 1.39. The molecule has 0 saturated carbocycles. The molecule has 0 bridgehead atoms. The van der Waals surface area contributed by atoms with Crippen LogP contribution in [0.3, 0.4) is 0 Å². The first-order valence-corrected chi connectivity index (χ1v) is 2.91. The molecule has 0 aromatic heterocycles. The Labute approximate surface area is 51.0 Å². The lowest BCUT2D eigenvalue weighted by atomic mass is 10.6. The number of hydrogen-bond donors (Lipinski definition) is 0. The fourth-order valence-electron chi connectivity index (χ4n) is 0.291. The van der Waals surface area contributed by atoms with Crippen LogP contribution in [-0.2, 0) is 10.8 Å². The van der Waals surface area contributed by atoms with E-state index in [-0.39, 0.29) is 12.4 Å². The lowest BCUT2D eigenvalue weighted by Crippen LogP contribution is -1.63. The van der Waals surface area contributed by atoms with Crippen LogP contribution in [-0.4, -0.2) is 4.21 Å². The fraction of sp³-hybridized carbons (Fsp3) is 0. The summed E-state index contributed by atoms with van der Waals surface area (Å²) in [6, 6.07) is 0. The Morgan fingerprint density at radius 1 is 1.14 bits per heavy atom. The number of allylic oxidation sites excluding steroid dienone is 2. The summed E-state index contributed by atoms with van der Waals surface area (Å²) >= 11 is 0. The summed E-state index contributed by atoms with van der Waals surface area (Å²) in [7, 11) is -0.784. The van der Waals surface area contributed by atoms with Gasteiger partial charge < -0.3 is 0 Å². The van der Waals surface area contributed by atoms with Crippen molar-refractivity contribution in [3.63, 3.8) is 0 Å². The van der Waals surface area contributed by atoms with Gasteiger partial charge in [0.05, 0.1) is 10.8 Å². The van der Waals surface area contributed by atoms with Crippen molar-refractivity contribution in [1.29, 1.82) is 0 Å². The first-order valence-electron chi connectivity index (χ1n) is 1.64. The zero-order valence-corrected chi connectivity index (χ0v) is 5.17. The summed E-state index contributed by atoms with van der Waals surface area (Å²) in [5, 5.41) is 3.28. The van der Waals surface area contributed by atoms with Gasteiger partial charge in [-0.3, -0.25) is 4.21 Å². The largest absolute Gasteiger partial charge is 0.250 e. The predicted molar refractivity (Wildman–Crippen MR) is 33.7 cm³/mol. The summed E-state index contributed by atoms with van der Waals surface area (Å²) in [4.78, 5) is 0. The third-order valence-electron chi connectivity index (χ3n) is 0.536. The van der Waals surface area contributed by atoms with Crippen molar-refractivity contribution in [1.82, 2.24) is 0 Å². The van der Waals surface area contributed by atoms with Crippen molar-refractivity contribution in [3.05, 3.63) is 23.0 Å². The molecule has 0 spiro atoms. The molecule has 1 aliphatic rings. The predicted octanol–water partition coefficient (Wildman–Crippen LogP) is 1.20. The van der Waals surface area contributed by atoms with Gasteiger partial charge in [0.25, 0.3) is 0 Å². The Bertz CT molecular complexity index is 114. The SMILES string of the molecule is Cl.O=S1C=CC=C1. The molecule has 0 saturated heterocycles. The first-order chi connectivity index (χ1) is 2.89. The third kappa shape index (κ3) is 1.90. The van der Waals surface area contributed by atoms with E-state index in [0.29, 0.717) is 0 Å². The zero-order chi connectivity index (χ0) is 4.41. The van der Waals surface area contributed by atoms with Gasteiger partial charge in [0.1, 0.15) is 0 Å². The van der Waals surface area contributed by atoms with Crippen LogP contribution in [0.15, 0.2) is 23.0 Å². The smallest absolute Gasteiger partial charge is 0.0702 e. The Morgan fingerprint density at radius 3 is 1.71 bits per heavy atom. The number of hydrogen-bond acceptors (Lipinski definition) is 1. The molecule has 1 rings (SSSR count). The maximum absolute atomic E-state index is 10.2. The molecule has 0 fully saturated rings. The van der Waals surface area contributed by atoms with Crippen LogP contribution in [0.5, 0.6) is 0 Å². The van der Waals surface area contributed by atoms with E-state index in [4.69, 9.17) is 0 Å². The Balaban J connectivity index is 0.000000360. The average Bonchev–Trinajstić information content (AvgIpc) is 1.86. The van der Waals surface area contributed by atoms with E-state index in [9.17, 15) is 4.21 Å². The van der Waals surface area contributed by atoms with Crippen molar-refractivity contribution >= 4 is 23.2 Å². The van der Waals surface area contributed by atoms with Gasteiger partial charge in [-0.1, -0.05) is 12.2 Å². The van der Waals surface area contributed by atoms with E-state index >= 15 is 0 Å². The highest BCUT2D eigenvalue weighted by molar-refractivity contribution is 7.91. The first kappa shape index (κ1) is 6.92. The molecule has 0 aromatic carbocycles. The van der Waals surface area contributed by atoms with Crippen LogP contribution >= 0.6 is 12.4 Å². The molecular weight excluding hydrogens is 132 g/mol. The van der Waals surface area contributed by atoms with E-state index in [0.717, 1.165) is 0 Å². The molecule has 1 heterocycles. The van der Waals surface area contributed by atoms with Crippen LogP contribution in [0, 0.1) is 0 Å². The van der Waals surface area contributed by atoms with Crippen LogP contribution in [0.25, 0.3) is 0 Å². The van der Waals surface area contributed by atoms with Gasteiger partial charge in [0.15, 0.2) is 0 Å². The lowest BCUT2D eigenvalue weighted by molar-refractivity contribution is 0.693. The maximum atomic E-state index is 10.2. The molecule has 0 unspecified atom stereocenters. The highest BCUT2D eigenvalue weighted by Gasteiger charge is 1.86. The molecule has 40 valence electrons. The Morgan fingerprint density at radius 2 is 1.57 bits per heavy atom. The second kappa shape index (κ2) is 2.99. The van der Waals surface area contributed by atoms with E-state index in [1.165, 1.54) is 0 Å². The normalized spacial score (nSPS) is 17.1. The molecule has 0 aromatic rings. The molecule has 7 heavy (non-hydrogen) atoms. The van der Waals surface area contributed by atoms with Gasteiger partial charge in [0.2, 0.25) is 0 Å². The van der Waals surface area contributed by atoms with E-state index in [1.807, 2.05) is 0 Å². The van der Waals surface area contributed by atoms with Crippen molar-refractivity contribution in [2.45, 2.75) is 0 Å². The van der Waals surface area contributed by atoms with Crippen LogP contribution in [0.4, 0.5) is 0 Å². The van der Waals surface area contributed by atoms with Gasteiger partial charge >= 0.3 is 0 Å². The minimum absolute atomic E-state index is 0. The number of halogens is 1. The van der Waals surface area contributed by atoms with Gasteiger partial charge in [0, 0.05) is 10.8 Å². The van der Waals surface area contributed by atoms with E-state index in [1.54, 1.807) is 23.0 Å². The summed E-state index contributed by atoms with van der Waals surface area (Å²) in [6.45, 7) is 0. The van der Waals surface area contributed by atoms with Crippen LogP contribution in [0.1, 0.15) is 0 Å². The molecule has 1 nitrogen and oxygen atoms in total. The molecular formula is C4H5ClOS. The monoisotopic (exact) mass is 136 g/mol. The average molecular weight is 137 g/mol. The topological polar surface area (TPSA) is 17.1 Å². The number of rotatable bonds is 0. The molecule has 0 aliphatic carbocycles. The standard InChI is InChI=1S/C4H4OS.ClH/c5-6-3-1-2-4-6;/h1-4H;1H. The summed E-state index contributed by atoms with van der Waals surface area (Å²) in [5.74, 6) is 0. The fourth-order valence-corrected chi connectivity index (χ4v) is 0.873. The van der Waals surface area contributed by atoms with Gasteiger partial charge in [-0.2, -0.15) is 0 Å². The molecule has 0 radical (unpaired) electrons. The van der Waals surface area contributed by atoms with Gasteiger partial charge in [-0.15, -0.1) is 12.4 Å². The Hall–Kier alpha value is -0.0800. The van der Waals surface area contributed by atoms with Crippen molar-refractivity contribution in [2.24, 2.45) is 0 Å². The van der Waals surface area contributed by atoms with Crippen molar-refractivity contribution in [2.75, 3.05) is 0 Å². The van der Waals surface area contributed by atoms with E-state index in [2.05, 4.69) is 0 Å². The second-order valence-electron chi connectivity index (χ2n) is 0.986. The van der Waals surface area contributed by atoms with Gasteiger partial charge in [-0.05, 0) is 0 Å². The van der Waals surface area contributed by atoms with Crippen LogP contribution < -0.4 is 0 Å². The molecule has 0 atom stereocenters. The second-order valence-corrected chi connectivity index (χ2v) is 2.19. The highest BCUT2D eigenvalue weighted by Crippen LogP contribution is 1.95. The van der Waals surface area contributed by atoms with Gasteiger partial charge in [-0.25, -0.2) is 0 Å². The molecule has 0 amide bonds. The molecule has 1 aliphatic heterocycles. The summed E-state index contributed by atoms with van der Waals surface area (Å²) < 4.78 is 10.2. The maximum Gasteiger partial charge on any atom is 0.0702 e. The highest BCUT2D eigenvalue weighted by atomic mass is 35.5. The zero-order valence-electron chi connectivity index (χ0n) is 3.53. The molecule has 0 N–H and O–H groups in total. The summed E-state index contributed by atoms with van der Waals surface area (Å²) in [5.41, 5.74) is 0. The van der Waals surface area contributed by atoms with E-state index < -0.39 is 10.8 Å². The summed E-state index contributed by atoms with van der Waals surface area (Å²) in [6.07, 6.45) is 3.55. The van der Waals surface area contributed by atoms with Crippen molar-refractivity contribution < 1.29 is 4.21 Å². The molecule has 3 heteroatoms. The Kier molecular flexibility index (Phi) is 2.96. The lowest BCUT2D eigenvalue weighted by Gasteiger charge is -1.65. The van der Waals surface area contributed by atoms with Crippen LogP contribution in [0.2, 0.25) is 0 Å². The minimum Gasteiger partial charge on any atom is -0.250 e. The minimum atomic E-state index is -0.784. The quantitative estimate of drug-likeness (QED) is 0.489. The van der Waals surface area contributed by atoms with Crippen molar-refractivity contribution in [3.8, 4) is 0 Å².